The standard InChI is InChI=1S/C40H36O8/c1-44-34-33(27-45-40(30-21-11-4-12-22-30,31-23-13-5-14-24-31)32-25-15-6-16-26-32)46-39(43)36(48-38(42)29-19-9-3-10-20-29)35(34)47-37(41)28-17-7-2-8-18-28/h2-26,33-36,39,43H,27H2,1H3/t33?,34-,35+,36?,39-/m1/s1. The Labute approximate surface area is 279 Å². The third kappa shape index (κ3) is 6.93. The molecule has 48 heavy (non-hydrogen) atoms. The molecular weight excluding hydrogens is 608 g/mol. The van der Waals surface area contributed by atoms with Gasteiger partial charge >= 0.3 is 11.9 Å². The summed E-state index contributed by atoms with van der Waals surface area (Å²) in [6, 6.07) is 46.2. The van der Waals surface area contributed by atoms with Crippen LogP contribution in [0.15, 0.2) is 152 Å². The number of rotatable bonds is 11. The Kier molecular flexibility index (Phi) is 10.4. The van der Waals surface area contributed by atoms with Gasteiger partial charge < -0.3 is 28.8 Å². The van der Waals surface area contributed by atoms with Crippen LogP contribution in [-0.4, -0.2) is 61.5 Å². The lowest BCUT2D eigenvalue weighted by Crippen LogP contribution is -2.62. The van der Waals surface area contributed by atoms with Gasteiger partial charge in [-0.1, -0.05) is 127 Å². The average molecular weight is 645 g/mol. The van der Waals surface area contributed by atoms with Crippen LogP contribution >= 0.6 is 0 Å². The van der Waals surface area contributed by atoms with E-state index in [1.807, 2.05) is 91.0 Å². The molecule has 1 aliphatic rings. The summed E-state index contributed by atoms with van der Waals surface area (Å²) in [5.41, 5.74) is 2.06. The number of aliphatic hydroxyl groups excluding tert-OH is 1. The van der Waals surface area contributed by atoms with Gasteiger partial charge in [0.15, 0.2) is 18.5 Å². The van der Waals surface area contributed by atoms with E-state index in [0.717, 1.165) is 16.7 Å². The molecule has 1 heterocycles. The molecular formula is C40H36O8. The lowest BCUT2D eigenvalue weighted by atomic mass is 9.80. The summed E-state index contributed by atoms with van der Waals surface area (Å²) in [4.78, 5) is 26.6. The van der Waals surface area contributed by atoms with E-state index in [-0.39, 0.29) is 17.7 Å². The average Bonchev–Trinajstić information content (AvgIpc) is 3.15. The van der Waals surface area contributed by atoms with Crippen molar-refractivity contribution in [3.05, 3.63) is 179 Å². The van der Waals surface area contributed by atoms with Crippen LogP contribution in [0.2, 0.25) is 0 Å². The number of aliphatic hydroxyl groups is 1. The maximum Gasteiger partial charge on any atom is 0.338 e. The van der Waals surface area contributed by atoms with Crippen molar-refractivity contribution in [2.24, 2.45) is 0 Å². The molecule has 0 radical (unpaired) electrons. The molecule has 5 atom stereocenters. The highest BCUT2D eigenvalue weighted by molar-refractivity contribution is 5.90. The van der Waals surface area contributed by atoms with Crippen LogP contribution in [-0.2, 0) is 29.3 Å². The van der Waals surface area contributed by atoms with Crippen LogP contribution in [0, 0.1) is 0 Å². The van der Waals surface area contributed by atoms with E-state index < -0.39 is 48.2 Å². The van der Waals surface area contributed by atoms with E-state index in [2.05, 4.69) is 0 Å². The fourth-order valence-electron chi connectivity index (χ4n) is 6.08. The fourth-order valence-corrected chi connectivity index (χ4v) is 6.08. The Morgan fingerprint density at radius 2 is 0.958 bits per heavy atom. The van der Waals surface area contributed by atoms with Gasteiger partial charge in [-0.2, -0.15) is 0 Å². The highest BCUT2D eigenvalue weighted by Gasteiger charge is 2.51. The number of carbonyl (C=O) groups is 2. The van der Waals surface area contributed by atoms with Gasteiger partial charge in [-0.05, 0) is 41.0 Å². The molecule has 2 unspecified atom stereocenters. The molecule has 1 saturated heterocycles. The van der Waals surface area contributed by atoms with Crippen LogP contribution in [0.25, 0.3) is 0 Å². The summed E-state index contributed by atoms with van der Waals surface area (Å²) in [5.74, 6) is -1.39. The fraction of sp³-hybridized carbons (Fsp3) is 0.200. The Balaban J connectivity index is 1.36. The van der Waals surface area contributed by atoms with Crippen molar-refractivity contribution in [3.63, 3.8) is 0 Å². The van der Waals surface area contributed by atoms with Gasteiger partial charge in [0.25, 0.3) is 0 Å². The zero-order valence-electron chi connectivity index (χ0n) is 26.3. The minimum atomic E-state index is -1.68. The largest absolute Gasteiger partial charge is 0.452 e. The van der Waals surface area contributed by atoms with Gasteiger partial charge in [0.05, 0.1) is 17.7 Å². The van der Waals surface area contributed by atoms with Gasteiger partial charge in [-0.25, -0.2) is 9.59 Å². The van der Waals surface area contributed by atoms with Crippen LogP contribution < -0.4 is 0 Å². The Morgan fingerprint density at radius 3 is 1.35 bits per heavy atom. The molecule has 0 spiro atoms. The maximum atomic E-state index is 13.4. The van der Waals surface area contributed by atoms with Crippen molar-refractivity contribution in [2.75, 3.05) is 13.7 Å². The van der Waals surface area contributed by atoms with E-state index in [9.17, 15) is 14.7 Å². The third-order valence-corrected chi connectivity index (χ3v) is 8.39. The first kappa shape index (κ1) is 32.8. The molecule has 8 nitrogen and oxygen atoms in total. The number of hydrogen-bond donors (Lipinski definition) is 1. The molecule has 6 rings (SSSR count). The minimum absolute atomic E-state index is 0.104. The molecule has 5 aromatic rings. The molecule has 8 heteroatoms. The van der Waals surface area contributed by atoms with Crippen molar-refractivity contribution in [1.82, 2.24) is 0 Å². The highest BCUT2D eigenvalue weighted by Crippen LogP contribution is 2.41. The molecule has 0 aliphatic carbocycles. The normalized spacial score (nSPS) is 20.8. The molecule has 1 N–H and O–H groups in total. The maximum absolute atomic E-state index is 13.4. The monoisotopic (exact) mass is 644 g/mol. The Bertz CT molecular complexity index is 1650. The minimum Gasteiger partial charge on any atom is -0.452 e. The third-order valence-electron chi connectivity index (χ3n) is 8.39. The highest BCUT2D eigenvalue weighted by atomic mass is 16.7. The summed E-state index contributed by atoms with van der Waals surface area (Å²) in [6.45, 7) is -0.104. The molecule has 0 amide bonds. The lowest BCUT2D eigenvalue weighted by molar-refractivity contribution is -0.294. The number of benzene rings is 5. The number of methoxy groups -OCH3 is 1. The van der Waals surface area contributed by atoms with Crippen molar-refractivity contribution in [3.8, 4) is 0 Å². The van der Waals surface area contributed by atoms with Crippen LogP contribution in [0.3, 0.4) is 0 Å². The van der Waals surface area contributed by atoms with E-state index in [4.69, 9.17) is 23.7 Å². The zero-order chi connectivity index (χ0) is 33.3. The smallest absolute Gasteiger partial charge is 0.338 e. The summed E-state index contributed by atoms with van der Waals surface area (Å²) in [6.07, 6.45) is -6.30. The van der Waals surface area contributed by atoms with Crippen molar-refractivity contribution in [1.29, 1.82) is 0 Å². The van der Waals surface area contributed by atoms with Gasteiger partial charge in [-0.15, -0.1) is 0 Å². The van der Waals surface area contributed by atoms with Gasteiger partial charge in [0.1, 0.15) is 17.8 Å². The van der Waals surface area contributed by atoms with Crippen LogP contribution in [0.1, 0.15) is 37.4 Å². The molecule has 1 fully saturated rings. The van der Waals surface area contributed by atoms with E-state index >= 15 is 0 Å². The molecule has 5 aromatic carbocycles. The number of ether oxygens (including phenoxy) is 5. The van der Waals surface area contributed by atoms with E-state index in [1.54, 1.807) is 60.7 Å². The topological polar surface area (TPSA) is 101 Å². The predicted molar refractivity (Wildman–Crippen MR) is 178 cm³/mol. The molecule has 244 valence electrons. The first-order valence-electron chi connectivity index (χ1n) is 15.7. The Morgan fingerprint density at radius 1 is 0.583 bits per heavy atom. The zero-order valence-corrected chi connectivity index (χ0v) is 26.3. The number of esters is 2. The second kappa shape index (κ2) is 15.2. The number of carbonyl (C=O) groups excluding carboxylic acids is 2. The van der Waals surface area contributed by atoms with Crippen molar-refractivity contribution >= 4 is 11.9 Å². The van der Waals surface area contributed by atoms with Gasteiger partial charge in [0, 0.05) is 7.11 Å². The second-order valence-corrected chi connectivity index (χ2v) is 11.3. The molecule has 0 aromatic heterocycles. The number of hydrogen-bond acceptors (Lipinski definition) is 8. The van der Waals surface area contributed by atoms with Crippen LogP contribution in [0.5, 0.6) is 0 Å². The second-order valence-electron chi connectivity index (χ2n) is 11.3. The van der Waals surface area contributed by atoms with E-state index in [0.29, 0.717) is 0 Å². The van der Waals surface area contributed by atoms with Gasteiger partial charge in [0.2, 0.25) is 0 Å². The first-order chi connectivity index (χ1) is 23.5. The Hall–Kier alpha value is -5.12. The lowest BCUT2D eigenvalue weighted by Gasteiger charge is -2.44. The first-order valence-corrected chi connectivity index (χ1v) is 15.7. The van der Waals surface area contributed by atoms with Crippen molar-refractivity contribution in [2.45, 2.75) is 36.3 Å². The van der Waals surface area contributed by atoms with E-state index in [1.165, 1.54) is 7.11 Å². The summed E-state index contributed by atoms with van der Waals surface area (Å²) < 4.78 is 30.7. The quantitative estimate of drug-likeness (QED) is 0.135. The molecule has 1 aliphatic heterocycles. The molecule has 0 saturated carbocycles. The summed E-state index contributed by atoms with van der Waals surface area (Å²) >= 11 is 0. The summed E-state index contributed by atoms with van der Waals surface area (Å²) in [5, 5.41) is 11.4. The summed E-state index contributed by atoms with van der Waals surface area (Å²) in [7, 11) is 1.44. The predicted octanol–water partition coefficient (Wildman–Crippen LogP) is 6.18. The van der Waals surface area contributed by atoms with Crippen LogP contribution in [0.4, 0.5) is 0 Å². The SMILES string of the molecule is CO[C@@H]1C(COC(c2ccccc2)(c2ccccc2)c2ccccc2)O[C@@H](O)C(OC(=O)c2ccccc2)[C@H]1OC(=O)c1ccccc1. The van der Waals surface area contributed by atoms with Crippen molar-refractivity contribution < 1.29 is 38.4 Å². The molecule has 0 bridgehead atoms. The van der Waals surface area contributed by atoms with Gasteiger partial charge in [-0.3, -0.25) is 0 Å².